The molecule has 0 N–H and O–H groups in total. The summed E-state index contributed by atoms with van der Waals surface area (Å²) in [5.74, 6) is 0.442. The van der Waals surface area contributed by atoms with E-state index < -0.39 is 5.97 Å². The minimum Gasteiger partial charge on any atom is -0.545 e. The number of carboxylic acid groups (broad SMARTS) is 1. The molecule has 5 heteroatoms. The zero-order valence-corrected chi connectivity index (χ0v) is 11.7. The lowest BCUT2D eigenvalue weighted by Crippen LogP contribution is -2.22. The van der Waals surface area contributed by atoms with Gasteiger partial charge in [0.1, 0.15) is 5.75 Å². The molecule has 4 rings (SSSR count). The van der Waals surface area contributed by atoms with Gasteiger partial charge in [0.2, 0.25) is 6.79 Å². The van der Waals surface area contributed by atoms with E-state index in [4.69, 9.17) is 14.2 Å². The molecule has 3 aromatic rings. The van der Waals surface area contributed by atoms with Crippen molar-refractivity contribution in [2.75, 3.05) is 13.9 Å². The summed E-state index contributed by atoms with van der Waals surface area (Å²) in [6.07, 6.45) is 0. The molecule has 0 spiro atoms. The van der Waals surface area contributed by atoms with E-state index in [9.17, 15) is 9.90 Å². The van der Waals surface area contributed by atoms with Crippen LogP contribution in [0, 0.1) is 0 Å². The zero-order valence-electron chi connectivity index (χ0n) is 11.7. The average molecular weight is 295 g/mol. The standard InChI is InChI=1S/C17H12O5/c1-20-13-4-2-3-10-9(13)5-6-11-12(17(18)19)7-14-16(15(10)11)22-8-21-14/h2-7H,8H2,1H3,(H,18,19)/p-1. The molecule has 0 aromatic heterocycles. The largest absolute Gasteiger partial charge is 0.545 e. The van der Waals surface area contributed by atoms with Gasteiger partial charge in [0.15, 0.2) is 11.5 Å². The number of rotatable bonds is 2. The molecular weight excluding hydrogens is 284 g/mol. The van der Waals surface area contributed by atoms with Crippen LogP contribution in [0.25, 0.3) is 21.5 Å². The van der Waals surface area contributed by atoms with Crippen LogP contribution in [0.1, 0.15) is 10.4 Å². The van der Waals surface area contributed by atoms with Gasteiger partial charge in [0.05, 0.1) is 13.1 Å². The van der Waals surface area contributed by atoms with Gasteiger partial charge in [-0.2, -0.15) is 0 Å². The average Bonchev–Trinajstić information content (AvgIpc) is 3.01. The van der Waals surface area contributed by atoms with Crippen LogP contribution in [0.15, 0.2) is 36.4 Å². The van der Waals surface area contributed by atoms with Gasteiger partial charge in [-0.15, -0.1) is 0 Å². The quantitative estimate of drug-likeness (QED) is 0.677. The van der Waals surface area contributed by atoms with Crippen molar-refractivity contribution >= 4 is 27.5 Å². The number of fused-ring (bicyclic) bond motifs is 5. The van der Waals surface area contributed by atoms with Crippen molar-refractivity contribution in [3.63, 3.8) is 0 Å². The van der Waals surface area contributed by atoms with E-state index in [1.54, 1.807) is 13.2 Å². The van der Waals surface area contributed by atoms with E-state index in [1.165, 1.54) is 6.07 Å². The maximum atomic E-state index is 11.4. The molecule has 0 saturated carbocycles. The van der Waals surface area contributed by atoms with Crippen molar-refractivity contribution < 1.29 is 24.1 Å². The molecule has 0 bridgehead atoms. The molecule has 5 nitrogen and oxygen atoms in total. The summed E-state index contributed by atoms with van der Waals surface area (Å²) in [7, 11) is 1.60. The first-order valence-electron chi connectivity index (χ1n) is 6.74. The third-order valence-corrected chi connectivity index (χ3v) is 3.90. The number of aromatic carboxylic acids is 1. The van der Waals surface area contributed by atoms with Crippen molar-refractivity contribution in [1.29, 1.82) is 0 Å². The lowest BCUT2D eigenvalue weighted by molar-refractivity contribution is -0.254. The monoisotopic (exact) mass is 295 g/mol. The highest BCUT2D eigenvalue weighted by Gasteiger charge is 2.22. The Morgan fingerprint density at radius 1 is 1.14 bits per heavy atom. The number of methoxy groups -OCH3 is 1. The van der Waals surface area contributed by atoms with Crippen molar-refractivity contribution in [3.8, 4) is 17.2 Å². The number of carbonyl (C=O) groups excluding carboxylic acids is 1. The summed E-state index contributed by atoms with van der Waals surface area (Å²) in [6.45, 7) is 0.0707. The van der Waals surface area contributed by atoms with E-state index >= 15 is 0 Å². The van der Waals surface area contributed by atoms with Crippen LogP contribution in [0.3, 0.4) is 0 Å². The van der Waals surface area contributed by atoms with Crippen LogP contribution >= 0.6 is 0 Å². The highest BCUT2D eigenvalue weighted by Crippen LogP contribution is 2.45. The van der Waals surface area contributed by atoms with Crippen LogP contribution in [0.2, 0.25) is 0 Å². The lowest BCUT2D eigenvalue weighted by Gasteiger charge is -2.14. The van der Waals surface area contributed by atoms with Crippen molar-refractivity contribution in [2.24, 2.45) is 0 Å². The molecule has 0 atom stereocenters. The molecule has 110 valence electrons. The molecule has 3 aromatic carbocycles. The van der Waals surface area contributed by atoms with E-state index in [0.29, 0.717) is 28.0 Å². The van der Waals surface area contributed by atoms with Crippen LogP contribution in [0.4, 0.5) is 0 Å². The number of hydrogen-bond acceptors (Lipinski definition) is 5. The molecular formula is C17H11O5-. The number of ether oxygens (including phenoxy) is 3. The molecule has 0 radical (unpaired) electrons. The van der Waals surface area contributed by atoms with Crippen molar-refractivity contribution in [2.45, 2.75) is 0 Å². The second kappa shape index (κ2) is 4.53. The molecule has 1 aliphatic heterocycles. The van der Waals surface area contributed by atoms with Crippen LogP contribution in [0.5, 0.6) is 17.2 Å². The van der Waals surface area contributed by atoms with Crippen LogP contribution < -0.4 is 19.3 Å². The Morgan fingerprint density at radius 2 is 1.95 bits per heavy atom. The van der Waals surface area contributed by atoms with Crippen LogP contribution in [-0.2, 0) is 0 Å². The van der Waals surface area contributed by atoms with Crippen molar-refractivity contribution in [3.05, 3.63) is 42.0 Å². The molecule has 0 unspecified atom stereocenters. The topological polar surface area (TPSA) is 67.8 Å². The van der Waals surface area contributed by atoms with E-state index in [1.807, 2.05) is 24.3 Å². The fraction of sp³-hybridized carbons (Fsp3) is 0.118. The maximum Gasteiger partial charge on any atom is 0.231 e. The normalized spacial score (nSPS) is 12.8. The fourth-order valence-corrected chi connectivity index (χ4v) is 2.94. The number of carboxylic acids is 1. The Kier molecular flexibility index (Phi) is 2.63. The minimum atomic E-state index is -1.24. The highest BCUT2D eigenvalue weighted by molar-refractivity contribution is 6.18. The molecule has 0 saturated heterocycles. The van der Waals surface area contributed by atoms with E-state index in [-0.39, 0.29) is 12.4 Å². The first kappa shape index (κ1) is 12.8. The van der Waals surface area contributed by atoms with Gasteiger partial charge in [-0.3, -0.25) is 0 Å². The molecule has 0 amide bonds. The Hall–Kier alpha value is -2.95. The second-order valence-corrected chi connectivity index (χ2v) is 4.99. The predicted octanol–water partition coefficient (Wildman–Crippen LogP) is 2.09. The van der Waals surface area contributed by atoms with Crippen LogP contribution in [-0.4, -0.2) is 19.9 Å². The molecule has 0 fully saturated rings. The van der Waals surface area contributed by atoms with Gasteiger partial charge in [0.25, 0.3) is 0 Å². The Balaban J connectivity index is 2.24. The number of carbonyl (C=O) groups is 1. The first-order chi connectivity index (χ1) is 10.7. The summed E-state index contributed by atoms with van der Waals surface area (Å²) in [5.41, 5.74) is 0.0870. The minimum absolute atomic E-state index is 0.0707. The van der Waals surface area contributed by atoms with Crippen molar-refractivity contribution in [1.82, 2.24) is 0 Å². The maximum absolute atomic E-state index is 11.4. The van der Waals surface area contributed by atoms with Gasteiger partial charge in [0, 0.05) is 16.3 Å². The Morgan fingerprint density at radius 3 is 2.73 bits per heavy atom. The summed E-state index contributed by atoms with van der Waals surface area (Å²) >= 11 is 0. The fourth-order valence-electron chi connectivity index (χ4n) is 2.94. The first-order valence-corrected chi connectivity index (χ1v) is 6.74. The summed E-state index contributed by atoms with van der Waals surface area (Å²) in [4.78, 5) is 11.4. The zero-order chi connectivity index (χ0) is 15.3. The lowest BCUT2D eigenvalue weighted by atomic mass is 9.96. The van der Waals surface area contributed by atoms with Gasteiger partial charge in [-0.05, 0) is 29.0 Å². The number of hydrogen-bond donors (Lipinski definition) is 0. The summed E-state index contributed by atoms with van der Waals surface area (Å²) in [6, 6.07) is 10.6. The van der Waals surface area contributed by atoms with Gasteiger partial charge < -0.3 is 24.1 Å². The predicted molar refractivity (Wildman–Crippen MR) is 78.5 cm³/mol. The molecule has 1 aliphatic rings. The SMILES string of the molecule is COc1cccc2c1ccc1c(C(=O)[O-])cc3c(c12)OCO3. The molecule has 0 aliphatic carbocycles. The smallest absolute Gasteiger partial charge is 0.231 e. The van der Waals surface area contributed by atoms with Gasteiger partial charge in [-0.25, -0.2) is 0 Å². The third-order valence-electron chi connectivity index (χ3n) is 3.90. The molecule has 22 heavy (non-hydrogen) atoms. The third kappa shape index (κ3) is 1.62. The number of benzene rings is 3. The van der Waals surface area contributed by atoms with E-state index in [0.717, 1.165) is 10.8 Å². The summed E-state index contributed by atoms with van der Waals surface area (Å²) in [5, 5.41) is 14.4. The van der Waals surface area contributed by atoms with E-state index in [2.05, 4.69) is 0 Å². The van der Waals surface area contributed by atoms with Gasteiger partial charge in [-0.1, -0.05) is 18.2 Å². The summed E-state index contributed by atoms with van der Waals surface area (Å²) < 4.78 is 16.3. The Bertz CT molecular complexity index is 929. The second-order valence-electron chi connectivity index (χ2n) is 4.99. The van der Waals surface area contributed by atoms with Gasteiger partial charge >= 0.3 is 0 Å². The highest BCUT2D eigenvalue weighted by atomic mass is 16.7. The Labute approximate surface area is 125 Å². The molecule has 1 heterocycles.